The van der Waals surface area contributed by atoms with Crippen LogP contribution in [0.25, 0.3) is 11.3 Å². The Hall–Kier alpha value is -2.48. The summed E-state index contributed by atoms with van der Waals surface area (Å²) in [6.07, 6.45) is 1.59. The predicted molar refractivity (Wildman–Crippen MR) is 61.8 cm³/mol. The van der Waals surface area contributed by atoms with E-state index in [-0.39, 0.29) is 5.82 Å². The summed E-state index contributed by atoms with van der Waals surface area (Å²) >= 11 is 0. The van der Waals surface area contributed by atoms with Gasteiger partial charge in [0.15, 0.2) is 0 Å². The van der Waals surface area contributed by atoms with E-state index in [1.807, 2.05) is 18.2 Å². The maximum atomic E-state index is 8.73. The number of benzene rings is 1. The van der Waals surface area contributed by atoms with Gasteiger partial charge in [0.1, 0.15) is 17.6 Å². The maximum absolute atomic E-state index is 8.73. The third kappa shape index (κ3) is 2.06. The highest BCUT2D eigenvalue weighted by molar-refractivity contribution is 5.69. The lowest BCUT2D eigenvalue weighted by Gasteiger charge is -2.08. The Bertz CT molecular complexity index is 569. The number of aromatic nitrogens is 2. The fourth-order valence-electron chi connectivity index (χ4n) is 1.54. The van der Waals surface area contributed by atoms with E-state index >= 15 is 0 Å². The van der Waals surface area contributed by atoms with Crippen molar-refractivity contribution in [2.75, 3.05) is 14.2 Å². The number of nitrogens with one attached hydrogen (secondary N) is 1. The summed E-state index contributed by atoms with van der Waals surface area (Å²) in [5, 5.41) is 8.73. The zero-order valence-electron chi connectivity index (χ0n) is 9.52. The van der Waals surface area contributed by atoms with Crippen molar-refractivity contribution in [1.29, 1.82) is 5.26 Å². The summed E-state index contributed by atoms with van der Waals surface area (Å²) < 4.78 is 10.4. The molecule has 5 nitrogen and oxygen atoms in total. The lowest BCUT2D eigenvalue weighted by Crippen LogP contribution is -1.90. The number of methoxy groups -OCH3 is 2. The minimum atomic E-state index is 0.268. The van der Waals surface area contributed by atoms with Crippen LogP contribution in [-0.2, 0) is 0 Å². The Balaban J connectivity index is 2.52. The third-order valence-electron chi connectivity index (χ3n) is 2.38. The van der Waals surface area contributed by atoms with Crippen LogP contribution >= 0.6 is 0 Å². The van der Waals surface area contributed by atoms with E-state index in [9.17, 15) is 0 Å². The number of nitriles is 1. The van der Waals surface area contributed by atoms with Gasteiger partial charge in [0.05, 0.1) is 26.1 Å². The number of H-pyrrole nitrogens is 1. The monoisotopic (exact) mass is 229 g/mol. The van der Waals surface area contributed by atoms with Gasteiger partial charge in [0, 0.05) is 5.56 Å². The highest BCUT2D eigenvalue weighted by atomic mass is 16.5. The van der Waals surface area contributed by atoms with Crippen LogP contribution in [-0.4, -0.2) is 24.2 Å². The first-order valence-electron chi connectivity index (χ1n) is 4.96. The predicted octanol–water partition coefficient (Wildman–Crippen LogP) is 1.97. The molecule has 0 radical (unpaired) electrons. The first-order valence-corrected chi connectivity index (χ1v) is 4.96. The summed E-state index contributed by atoms with van der Waals surface area (Å²) in [4.78, 5) is 6.83. The van der Waals surface area contributed by atoms with E-state index in [0.29, 0.717) is 11.5 Å². The van der Waals surface area contributed by atoms with Crippen molar-refractivity contribution in [3.05, 3.63) is 30.2 Å². The number of hydrogen-bond acceptors (Lipinski definition) is 4. The van der Waals surface area contributed by atoms with Gasteiger partial charge in [-0.2, -0.15) is 5.26 Å². The van der Waals surface area contributed by atoms with Crippen LogP contribution in [0.2, 0.25) is 0 Å². The number of hydrogen-bond donors (Lipinski definition) is 1. The second kappa shape index (κ2) is 4.58. The quantitative estimate of drug-likeness (QED) is 0.873. The number of nitrogens with zero attached hydrogens (tertiary/aromatic N) is 2. The summed E-state index contributed by atoms with van der Waals surface area (Å²) in [7, 11) is 3.19. The molecule has 5 heteroatoms. The largest absolute Gasteiger partial charge is 0.497 e. The fraction of sp³-hybridized carbons (Fsp3) is 0.167. The molecule has 1 heterocycles. The third-order valence-corrected chi connectivity index (χ3v) is 2.38. The maximum Gasteiger partial charge on any atom is 0.210 e. The molecule has 0 atom stereocenters. The summed E-state index contributed by atoms with van der Waals surface area (Å²) in [5.74, 6) is 1.68. The van der Waals surface area contributed by atoms with Crippen LogP contribution in [0, 0.1) is 11.3 Å². The zero-order chi connectivity index (χ0) is 12.3. The van der Waals surface area contributed by atoms with Crippen LogP contribution in [0.4, 0.5) is 0 Å². The normalized spacial score (nSPS) is 9.71. The molecule has 2 aromatic rings. The van der Waals surface area contributed by atoms with Crippen molar-refractivity contribution >= 4 is 0 Å². The minimum Gasteiger partial charge on any atom is -0.497 e. The standard InChI is InChI=1S/C12H11N3O2/c1-16-8-3-4-11(17-2)9(5-8)10-7-14-12(6-13)15-10/h3-5,7H,1-2H3,(H,14,15). The van der Waals surface area contributed by atoms with Crippen LogP contribution in [0.3, 0.4) is 0 Å². The van der Waals surface area contributed by atoms with Crippen LogP contribution in [0.1, 0.15) is 5.82 Å². The van der Waals surface area contributed by atoms with Crippen molar-refractivity contribution in [2.24, 2.45) is 0 Å². The van der Waals surface area contributed by atoms with Gasteiger partial charge < -0.3 is 14.5 Å². The van der Waals surface area contributed by atoms with Crippen LogP contribution in [0.5, 0.6) is 11.5 Å². The van der Waals surface area contributed by atoms with E-state index in [1.165, 1.54) is 0 Å². The summed E-state index contributed by atoms with van der Waals surface area (Å²) in [6, 6.07) is 7.39. The molecule has 1 aromatic carbocycles. The smallest absolute Gasteiger partial charge is 0.210 e. The van der Waals surface area contributed by atoms with Crippen molar-refractivity contribution < 1.29 is 9.47 Å². The van der Waals surface area contributed by atoms with Crippen molar-refractivity contribution in [3.63, 3.8) is 0 Å². The molecule has 86 valence electrons. The molecule has 17 heavy (non-hydrogen) atoms. The molecule has 0 aliphatic carbocycles. The molecule has 0 spiro atoms. The van der Waals surface area contributed by atoms with Gasteiger partial charge in [-0.3, -0.25) is 0 Å². The Morgan fingerprint density at radius 2 is 2.12 bits per heavy atom. The van der Waals surface area contributed by atoms with Gasteiger partial charge in [-0.05, 0) is 18.2 Å². The van der Waals surface area contributed by atoms with E-state index in [2.05, 4.69) is 9.97 Å². The Morgan fingerprint density at radius 1 is 1.29 bits per heavy atom. The number of aromatic amines is 1. The number of rotatable bonds is 3. The molecule has 0 amide bonds. The van der Waals surface area contributed by atoms with E-state index < -0.39 is 0 Å². The minimum absolute atomic E-state index is 0.268. The molecule has 0 saturated carbocycles. The molecule has 0 fully saturated rings. The fourth-order valence-corrected chi connectivity index (χ4v) is 1.54. The topological polar surface area (TPSA) is 70.9 Å². The SMILES string of the molecule is COc1ccc(OC)c(-c2cnc(C#N)[nH]2)c1. The second-order valence-electron chi connectivity index (χ2n) is 3.32. The van der Waals surface area contributed by atoms with Crippen LogP contribution < -0.4 is 9.47 Å². The molecule has 0 aliphatic rings. The molecule has 0 bridgehead atoms. The van der Waals surface area contributed by atoms with E-state index in [0.717, 1.165) is 11.3 Å². The van der Waals surface area contributed by atoms with Crippen LogP contribution in [0.15, 0.2) is 24.4 Å². The molecule has 0 saturated heterocycles. The number of imidazole rings is 1. The molecular formula is C12H11N3O2. The molecule has 1 aromatic heterocycles. The first-order chi connectivity index (χ1) is 8.28. The molecule has 1 N–H and O–H groups in total. The average Bonchev–Trinajstić information content (AvgIpc) is 2.86. The van der Waals surface area contributed by atoms with Gasteiger partial charge in [-0.15, -0.1) is 0 Å². The highest BCUT2D eigenvalue weighted by Gasteiger charge is 2.10. The van der Waals surface area contributed by atoms with Gasteiger partial charge >= 0.3 is 0 Å². The Labute approximate surface area is 98.6 Å². The lowest BCUT2D eigenvalue weighted by molar-refractivity contribution is 0.404. The second-order valence-corrected chi connectivity index (χ2v) is 3.32. The molecule has 0 aliphatic heterocycles. The van der Waals surface area contributed by atoms with Crippen molar-refractivity contribution in [3.8, 4) is 28.8 Å². The number of ether oxygens (including phenoxy) is 2. The van der Waals surface area contributed by atoms with Gasteiger partial charge in [-0.25, -0.2) is 4.98 Å². The zero-order valence-corrected chi connectivity index (χ0v) is 9.52. The summed E-state index contributed by atoms with van der Waals surface area (Å²) in [6.45, 7) is 0. The van der Waals surface area contributed by atoms with E-state index in [1.54, 1.807) is 26.5 Å². The summed E-state index contributed by atoms with van der Waals surface area (Å²) in [5.41, 5.74) is 1.53. The molecule has 2 rings (SSSR count). The average molecular weight is 229 g/mol. The molecular weight excluding hydrogens is 218 g/mol. The van der Waals surface area contributed by atoms with Gasteiger partial charge in [0.25, 0.3) is 0 Å². The van der Waals surface area contributed by atoms with Gasteiger partial charge in [-0.1, -0.05) is 0 Å². The lowest BCUT2D eigenvalue weighted by atomic mass is 10.1. The first kappa shape index (κ1) is 11.0. The van der Waals surface area contributed by atoms with Crippen molar-refractivity contribution in [1.82, 2.24) is 9.97 Å². The van der Waals surface area contributed by atoms with Gasteiger partial charge in [0.2, 0.25) is 5.82 Å². The van der Waals surface area contributed by atoms with E-state index in [4.69, 9.17) is 14.7 Å². The molecule has 0 unspecified atom stereocenters. The Morgan fingerprint density at radius 3 is 2.71 bits per heavy atom. The Kier molecular flexibility index (Phi) is 2.97. The highest BCUT2D eigenvalue weighted by Crippen LogP contribution is 2.32. The van der Waals surface area contributed by atoms with Crippen molar-refractivity contribution in [2.45, 2.75) is 0 Å².